The van der Waals surface area contributed by atoms with Crippen molar-refractivity contribution in [1.82, 2.24) is 0 Å². The van der Waals surface area contributed by atoms with Crippen LogP contribution in [-0.4, -0.2) is 0 Å². The van der Waals surface area contributed by atoms with Gasteiger partial charge in [-0.3, -0.25) is 0 Å². The topological polar surface area (TPSA) is 0 Å². The summed E-state index contributed by atoms with van der Waals surface area (Å²) < 4.78 is 0. The molecule has 0 nitrogen and oxygen atoms in total. The minimum Gasteiger partial charge on any atom is -0.0879 e. The van der Waals surface area contributed by atoms with Gasteiger partial charge in [-0.15, -0.1) is 0 Å². The molecule has 0 unspecified atom stereocenters. The monoisotopic (exact) mass is 290 g/mol. The van der Waals surface area contributed by atoms with Crippen molar-refractivity contribution < 1.29 is 0 Å². The third-order valence-electron chi connectivity index (χ3n) is 4.85. The molecular weight excluding hydrogens is 252 g/mol. The zero-order valence-corrected chi connectivity index (χ0v) is 14.7. The maximum atomic E-state index is 2.50. The Hall–Kier alpha value is -0.520. The summed E-state index contributed by atoms with van der Waals surface area (Å²) in [6.07, 6.45) is 27.9. The summed E-state index contributed by atoms with van der Waals surface area (Å²) in [4.78, 5) is 0. The van der Waals surface area contributed by atoms with Crippen LogP contribution in [-0.2, 0) is 0 Å². The van der Waals surface area contributed by atoms with Crippen LogP contribution in [0.4, 0.5) is 0 Å². The quantitative estimate of drug-likeness (QED) is 0.244. The minimum atomic E-state index is 0.742. The van der Waals surface area contributed by atoms with E-state index in [0.29, 0.717) is 0 Å². The van der Waals surface area contributed by atoms with Gasteiger partial charge in [0, 0.05) is 0 Å². The number of rotatable bonds is 13. The lowest BCUT2D eigenvalue weighted by Crippen LogP contribution is -2.05. The molecule has 0 aliphatic heterocycles. The van der Waals surface area contributed by atoms with Crippen LogP contribution >= 0.6 is 0 Å². The second-order valence-corrected chi connectivity index (χ2v) is 6.84. The fourth-order valence-electron chi connectivity index (χ4n) is 3.39. The lowest BCUT2D eigenvalue weighted by molar-refractivity contribution is 0.421. The molecule has 0 aromatic heterocycles. The van der Waals surface area contributed by atoms with E-state index in [2.05, 4.69) is 38.2 Å². The lowest BCUT2D eigenvalue weighted by Gasteiger charge is -2.16. The van der Waals surface area contributed by atoms with Gasteiger partial charge in [-0.25, -0.2) is 0 Å². The average molecular weight is 291 g/mol. The smallest absolute Gasteiger partial charge is 0.00222 e. The third kappa shape index (κ3) is 9.17. The molecule has 0 aromatic rings. The summed E-state index contributed by atoms with van der Waals surface area (Å²) in [5, 5.41) is 0. The molecular formula is C21H38. The van der Waals surface area contributed by atoms with Crippen LogP contribution in [0.15, 0.2) is 24.3 Å². The molecule has 0 radical (unpaired) electrons. The number of hydrogen-bond donors (Lipinski definition) is 0. The molecule has 122 valence electrons. The molecule has 0 bridgehead atoms. The van der Waals surface area contributed by atoms with E-state index in [4.69, 9.17) is 0 Å². The molecule has 0 aromatic carbocycles. The van der Waals surface area contributed by atoms with Crippen LogP contribution in [0.25, 0.3) is 0 Å². The Bertz CT molecular complexity index is 274. The Morgan fingerprint density at radius 1 is 0.857 bits per heavy atom. The molecule has 1 aliphatic carbocycles. The molecule has 1 aliphatic rings. The van der Waals surface area contributed by atoms with Gasteiger partial charge in [0.15, 0.2) is 0 Å². The summed E-state index contributed by atoms with van der Waals surface area (Å²) in [6.45, 7) is 4.58. The zero-order chi connectivity index (χ0) is 15.2. The highest BCUT2D eigenvalue weighted by Gasteiger charge is 2.19. The van der Waals surface area contributed by atoms with Crippen molar-refractivity contribution in [3.8, 4) is 0 Å². The van der Waals surface area contributed by atoms with Crippen molar-refractivity contribution in [1.29, 1.82) is 0 Å². The highest BCUT2D eigenvalue weighted by atomic mass is 14.2. The van der Waals surface area contributed by atoms with Gasteiger partial charge in [0.2, 0.25) is 0 Å². The van der Waals surface area contributed by atoms with Gasteiger partial charge in [0.1, 0.15) is 0 Å². The van der Waals surface area contributed by atoms with E-state index in [1.807, 2.05) is 0 Å². The summed E-state index contributed by atoms with van der Waals surface area (Å²) >= 11 is 0. The summed E-state index contributed by atoms with van der Waals surface area (Å²) in [5.41, 5.74) is 0. The van der Waals surface area contributed by atoms with Crippen LogP contribution in [0.5, 0.6) is 0 Å². The van der Waals surface area contributed by atoms with Gasteiger partial charge in [-0.1, -0.05) is 95.9 Å². The molecule has 0 saturated carbocycles. The van der Waals surface area contributed by atoms with Crippen molar-refractivity contribution in [2.45, 2.75) is 97.3 Å². The maximum absolute atomic E-state index is 2.50. The van der Waals surface area contributed by atoms with Crippen molar-refractivity contribution in [2.24, 2.45) is 11.8 Å². The fraction of sp³-hybridized carbons (Fsp3) is 0.810. The molecule has 21 heavy (non-hydrogen) atoms. The normalized spacial score (nSPS) is 21.6. The van der Waals surface area contributed by atoms with E-state index >= 15 is 0 Å². The molecule has 0 spiro atoms. The molecule has 0 heteroatoms. The molecule has 0 heterocycles. The highest BCUT2D eigenvalue weighted by molar-refractivity contribution is 5.09. The van der Waals surface area contributed by atoms with Crippen molar-refractivity contribution in [3.63, 3.8) is 0 Å². The minimum absolute atomic E-state index is 0.742. The predicted octanol–water partition coefficient (Wildman–Crippen LogP) is 7.46. The first-order chi connectivity index (χ1) is 10.4. The molecule has 1 rings (SSSR count). The molecule has 0 saturated heterocycles. The van der Waals surface area contributed by atoms with Crippen LogP contribution in [0.3, 0.4) is 0 Å². The first-order valence-corrected chi connectivity index (χ1v) is 9.71. The van der Waals surface area contributed by atoms with Crippen molar-refractivity contribution in [3.05, 3.63) is 24.3 Å². The van der Waals surface area contributed by atoms with E-state index in [1.54, 1.807) is 0 Å². The number of hydrogen-bond acceptors (Lipinski definition) is 0. The van der Waals surface area contributed by atoms with E-state index < -0.39 is 0 Å². The van der Waals surface area contributed by atoms with Gasteiger partial charge in [0.05, 0.1) is 0 Å². The second-order valence-electron chi connectivity index (χ2n) is 6.84. The second kappa shape index (κ2) is 13.2. The fourth-order valence-corrected chi connectivity index (χ4v) is 3.39. The predicted molar refractivity (Wildman–Crippen MR) is 96.6 cm³/mol. The Labute approximate surface area is 134 Å². The van der Waals surface area contributed by atoms with E-state index in [1.165, 1.54) is 83.5 Å². The van der Waals surface area contributed by atoms with Crippen molar-refractivity contribution in [2.75, 3.05) is 0 Å². The number of unbranched alkanes of at least 4 members (excludes halogenated alkanes) is 9. The maximum Gasteiger partial charge on any atom is -0.00222 e. The Balaban J connectivity index is 2.07. The average Bonchev–Trinajstić information content (AvgIpc) is 2.94. The zero-order valence-electron chi connectivity index (χ0n) is 14.7. The Morgan fingerprint density at radius 2 is 1.52 bits per heavy atom. The van der Waals surface area contributed by atoms with Crippen LogP contribution < -0.4 is 0 Å². The van der Waals surface area contributed by atoms with Gasteiger partial charge < -0.3 is 0 Å². The third-order valence-corrected chi connectivity index (χ3v) is 4.85. The molecule has 0 N–H and O–H groups in total. The van der Waals surface area contributed by atoms with Gasteiger partial charge in [-0.05, 0) is 37.5 Å². The van der Waals surface area contributed by atoms with E-state index in [9.17, 15) is 0 Å². The summed E-state index contributed by atoms with van der Waals surface area (Å²) in [6, 6.07) is 0. The molecule has 0 amide bonds. The van der Waals surface area contributed by atoms with Gasteiger partial charge in [-0.2, -0.15) is 0 Å². The van der Waals surface area contributed by atoms with Crippen LogP contribution in [0.2, 0.25) is 0 Å². The Kier molecular flexibility index (Phi) is 11.6. The highest BCUT2D eigenvalue weighted by Crippen LogP contribution is 2.31. The summed E-state index contributed by atoms with van der Waals surface area (Å²) in [7, 11) is 0. The van der Waals surface area contributed by atoms with Crippen LogP contribution in [0, 0.1) is 11.8 Å². The van der Waals surface area contributed by atoms with Crippen LogP contribution in [0.1, 0.15) is 97.3 Å². The first-order valence-electron chi connectivity index (χ1n) is 9.71. The standard InChI is InChI=1S/C21H38/c1-3-5-7-9-11-13-16-20-18-15-19-21(20)17-14-12-10-8-6-4-2/h13,15-16,18,20-21H,3-12,14,17,19H2,1-2H3/b16-13+/t20-,21-/m0/s1. The van der Waals surface area contributed by atoms with E-state index in [0.717, 1.165) is 11.8 Å². The first kappa shape index (κ1) is 18.5. The number of allylic oxidation sites excluding steroid dienone is 4. The Morgan fingerprint density at radius 3 is 2.29 bits per heavy atom. The molecule has 0 fully saturated rings. The van der Waals surface area contributed by atoms with Gasteiger partial charge >= 0.3 is 0 Å². The SMILES string of the molecule is CCCCCC/C=C/[C@H]1C=CC[C@@H]1CCCCCCCC. The van der Waals surface area contributed by atoms with Crippen molar-refractivity contribution >= 4 is 0 Å². The summed E-state index contributed by atoms with van der Waals surface area (Å²) in [5.74, 6) is 1.65. The molecule has 2 atom stereocenters. The largest absolute Gasteiger partial charge is 0.0879 e. The van der Waals surface area contributed by atoms with E-state index in [-0.39, 0.29) is 0 Å². The lowest BCUT2D eigenvalue weighted by atomic mass is 9.89. The van der Waals surface area contributed by atoms with Gasteiger partial charge in [0.25, 0.3) is 0 Å².